The van der Waals surface area contributed by atoms with Gasteiger partial charge in [0, 0.05) is 22.5 Å². The van der Waals surface area contributed by atoms with Gasteiger partial charge in [-0.1, -0.05) is 17.3 Å². The number of hydrogen-bond donors (Lipinski definition) is 1. The number of nitrogens with one attached hydrogen (secondary N) is 1. The zero-order valence-electron chi connectivity index (χ0n) is 13.2. The summed E-state index contributed by atoms with van der Waals surface area (Å²) in [6.45, 7) is 0.418. The van der Waals surface area contributed by atoms with Crippen LogP contribution in [0.4, 0.5) is 0 Å². The summed E-state index contributed by atoms with van der Waals surface area (Å²) in [4.78, 5) is 13.8. The standard InChI is InChI=1S/C18H16N2O3S/c1-22-12-4-2-3-11(9-12)10-19-18(21)16-14-5-6-15-13(7-8-24-15)17(14)23-20-16/h2-4,7-9H,5-6,10H2,1H3,(H,19,21). The molecule has 0 atom stereocenters. The van der Waals surface area contributed by atoms with E-state index in [1.54, 1.807) is 18.4 Å². The molecule has 0 fully saturated rings. The molecule has 1 amide bonds. The van der Waals surface area contributed by atoms with Gasteiger partial charge in [0.25, 0.3) is 5.91 Å². The number of benzene rings is 1. The van der Waals surface area contributed by atoms with Crippen molar-refractivity contribution in [3.8, 4) is 17.1 Å². The number of methoxy groups -OCH3 is 1. The molecule has 5 nitrogen and oxygen atoms in total. The van der Waals surface area contributed by atoms with Gasteiger partial charge in [-0.05, 0) is 42.0 Å². The van der Waals surface area contributed by atoms with Gasteiger partial charge in [0.2, 0.25) is 0 Å². The van der Waals surface area contributed by atoms with Crippen molar-refractivity contribution in [2.24, 2.45) is 0 Å². The quantitative estimate of drug-likeness (QED) is 0.790. The number of amides is 1. The summed E-state index contributed by atoms with van der Waals surface area (Å²) >= 11 is 1.72. The van der Waals surface area contributed by atoms with Gasteiger partial charge in [-0.2, -0.15) is 0 Å². The molecule has 0 saturated heterocycles. The van der Waals surface area contributed by atoms with Crippen LogP contribution in [0.2, 0.25) is 0 Å². The van der Waals surface area contributed by atoms with E-state index >= 15 is 0 Å². The molecule has 0 saturated carbocycles. The van der Waals surface area contributed by atoms with Crippen molar-refractivity contribution >= 4 is 17.2 Å². The van der Waals surface area contributed by atoms with Gasteiger partial charge in [0.15, 0.2) is 11.5 Å². The van der Waals surface area contributed by atoms with E-state index in [9.17, 15) is 4.79 Å². The molecule has 0 aliphatic heterocycles. The first-order chi connectivity index (χ1) is 11.8. The maximum Gasteiger partial charge on any atom is 0.274 e. The van der Waals surface area contributed by atoms with E-state index in [-0.39, 0.29) is 5.91 Å². The normalized spacial score (nSPS) is 12.4. The second kappa shape index (κ2) is 6.13. The molecule has 2 heterocycles. The van der Waals surface area contributed by atoms with Gasteiger partial charge in [-0.15, -0.1) is 11.3 Å². The van der Waals surface area contributed by atoms with Crippen molar-refractivity contribution in [3.63, 3.8) is 0 Å². The Bertz CT molecular complexity index is 897. The highest BCUT2D eigenvalue weighted by Gasteiger charge is 2.28. The van der Waals surface area contributed by atoms with E-state index < -0.39 is 0 Å². The summed E-state index contributed by atoms with van der Waals surface area (Å²) in [6, 6.07) is 9.64. The molecular weight excluding hydrogens is 324 g/mol. The maximum atomic E-state index is 12.5. The molecule has 0 bridgehead atoms. The van der Waals surface area contributed by atoms with E-state index in [1.165, 1.54) is 4.88 Å². The second-order valence-electron chi connectivity index (χ2n) is 5.63. The molecule has 1 N–H and O–H groups in total. The summed E-state index contributed by atoms with van der Waals surface area (Å²) < 4.78 is 10.7. The zero-order valence-corrected chi connectivity index (χ0v) is 14.0. The molecule has 24 heavy (non-hydrogen) atoms. The lowest BCUT2D eigenvalue weighted by molar-refractivity contribution is 0.0941. The molecule has 0 spiro atoms. The summed E-state index contributed by atoms with van der Waals surface area (Å²) in [5.41, 5.74) is 3.34. The number of aromatic nitrogens is 1. The van der Waals surface area contributed by atoms with Gasteiger partial charge in [0.1, 0.15) is 5.75 Å². The van der Waals surface area contributed by atoms with Crippen LogP contribution < -0.4 is 10.1 Å². The average molecular weight is 340 g/mol. The first kappa shape index (κ1) is 15.0. The number of carbonyl (C=O) groups is 1. The molecule has 2 aromatic heterocycles. The Hall–Kier alpha value is -2.60. The van der Waals surface area contributed by atoms with Crippen LogP contribution in [0.3, 0.4) is 0 Å². The Morgan fingerprint density at radius 1 is 1.38 bits per heavy atom. The molecule has 1 aliphatic carbocycles. The van der Waals surface area contributed by atoms with Crippen LogP contribution in [0.15, 0.2) is 40.2 Å². The van der Waals surface area contributed by atoms with Crippen LogP contribution in [0.5, 0.6) is 5.75 Å². The van der Waals surface area contributed by atoms with Crippen LogP contribution >= 0.6 is 11.3 Å². The van der Waals surface area contributed by atoms with E-state index in [4.69, 9.17) is 9.26 Å². The zero-order chi connectivity index (χ0) is 16.5. The van der Waals surface area contributed by atoms with Crippen molar-refractivity contribution in [2.75, 3.05) is 7.11 Å². The predicted octanol–water partition coefficient (Wildman–Crippen LogP) is 3.44. The Balaban J connectivity index is 1.52. The molecule has 1 aliphatic rings. The van der Waals surface area contributed by atoms with Crippen LogP contribution in [0, 0.1) is 0 Å². The van der Waals surface area contributed by atoms with Crippen molar-refractivity contribution < 1.29 is 14.1 Å². The fraction of sp³-hybridized carbons (Fsp3) is 0.222. The highest BCUT2D eigenvalue weighted by atomic mass is 32.1. The summed E-state index contributed by atoms with van der Waals surface area (Å²) in [7, 11) is 1.62. The van der Waals surface area contributed by atoms with E-state index in [2.05, 4.69) is 10.5 Å². The van der Waals surface area contributed by atoms with Crippen LogP contribution in [0.25, 0.3) is 11.3 Å². The fourth-order valence-electron chi connectivity index (χ4n) is 2.95. The first-order valence-corrected chi connectivity index (χ1v) is 8.60. The molecule has 4 rings (SSSR count). The Morgan fingerprint density at radius 3 is 3.17 bits per heavy atom. The lowest BCUT2D eigenvalue weighted by Crippen LogP contribution is -2.24. The fourth-order valence-corrected chi connectivity index (χ4v) is 3.83. The van der Waals surface area contributed by atoms with E-state index in [1.807, 2.05) is 35.7 Å². The molecule has 122 valence electrons. The number of thiophene rings is 1. The Labute approximate surface area is 143 Å². The summed E-state index contributed by atoms with van der Waals surface area (Å²) in [5, 5.41) is 8.97. The second-order valence-corrected chi connectivity index (χ2v) is 6.63. The Kier molecular flexibility index (Phi) is 3.82. The van der Waals surface area contributed by atoms with Gasteiger partial charge in [0.05, 0.1) is 7.11 Å². The van der Waals surface area contributed by atoms with E-state index in [0.29, 0.717) is 12.2 Å². The molecule has 3 aromatic rings. The van der Waals surface area contributed by atoms with Crippen molar-refractivity contribution in [1.29, 1.82) is 0 Å². The monoisotopic (exact) mass is 340 g/mol. The third-order valence-corrected chi connectivity index (χ3v) is 5.16. The third-order valence-electron chi connectivity index (χ3n) is 4.18. The molecule has 6 heteroatoms. The minimum absolute atomic E-state index is 0.207. The lowest BCUT2D eigenvalue weighted by atomic mass is 9.95. The van der Waals surface area contributed by atoms with E-state index in [0.717, 1.165) is 41.0 Å². The number of carbonyl (C=O) groups excluding carboxylic acids is 1. The number of hydrogen-bond acceptors (Lipinski definition) is 5. The average Bonchev–Trinajstić information content (AvgIpc) is 3.25. The van der Waals surface area contributed by atoms with Crippen molar-refractivity contribution in [1.82, 2.24) is 10.5 Å². The number of ether oxygens (including phenoxy) is 1. The third kappa shape index (κ3) is 2.59. The minimum atomic E-state index is -0.207. The number of aryl methyl sites for hydroxylation is 1. The largest absolute Gasteiger partial charge is 0.497 e. The maximum absolute atomic E-state index is 12.5. The number of nitrogens with zero attached hydrogens (tertiary/aromatic N) is 1. The van der Waals surface area contributed by atoms with Gasteiger partial charge in [-0.3, -0.25) is 4.79 Å². The predicted molar refractivity (Wildman–Crippen MR) is 91.4 cm³/mol. The minimum Gasteiger partial charge on any atom is -0.497 e. The van der Waals surface area contributed by atoms with Crippen LogP contribution in [-0.2, 0) is 19.4 Å². The number of fused-ring (bicyclic) bond motifs is 3. The molecular formula is C18H16N2O3S. The Morgan fingerprint density at radius 2 is 2.29 bits per heavy atom. The topological polar surface area (TPSA) is 64.4 Å². The SMILES string of the molecule is COc1cccc(CNC(=O)c2noc3c2CCc2sccc2-3)c1. The molecule has 1 aromatic carbocycles. The van der Waals surface area contributed by atoms with Crippen molar-refractivity contribution in [2.45, 2.75) is 19.4 Å². The van der Waals surface area contributed by atoms with Gasteiger partial charge in [-0.25, -0.2) is 0 Å². The highest BCUT2D eigenvalue weighted by Crippen LogP contribution is 2.38. The lowest BCUT2D eigenvalue weighted by Gasteiger charge is -2.10. The smallest absolute Gasteiger partial charge is 0.274 e. The first-order valence-electron chi connectivity index (χ1n) is 7.72. The van der Waals surface area contributed by atoms with Gasteiger partial charge < -0.3 is 14.6 Å². The van der Waals surface area contributed by atoms with Crippen LogP contribution in [-0.4, -0.2) is 18.2 Å². The highest BCUT2D eigenvalue weighted by molar-refractivity contribution is 7.10. The van der Waals surface area contributed by atoms with Gasteiger partial charge >= 0.3 is 0 Å². The molecule has 0 radical (unpaired) electrons. The number of rotatable bonds is 4. The van der Waals surface area contributed by atoms with Crippen LogP contribution in [0.1, 0.15) is 26.5 Å². The summed E-state index contributed by atoms with van der Waals surface area (Å²) in [5.74, 6) is 1.30. The molecule has 0 unspecified atom stereocenters. The van der Waals surface area contributed by atoms with Crippen molar-refractivity contribution in [3.05, 3.63) is 57.4 Å². The summed E-state index contributed by atoms with van der Waals surface area (Å²) in [6.07, 6.45) is 1.71.